The second-order valence-corrected chi connectivity index (χ2v) is 7.50. The molecule has 1 aliphatic rings. The fourth-order valence-corrected chi connectivity index (χ4v) is 3.46. The Labute approximate surface area is 152 Å². The lowest BCUT2D eigenvalue weighted by atomic mass is 10.2. The largest absolute Gasteiger partial charge is 0.280 e. The molecule has 0 unspecified atom stereocenters. The lowest BCUT2D eigenvalue weighted by molar-refractivity contribution is -0.139. The Morgan fingerprint density at radius 2 is 1.54 bits per heavy atom. The molecule has 1 fully saturated rings. The van der Waals surface area contributed by atoms with Crippen molar-refractivity contribution in [3.05, 3.63) is 71.1 Å². The number of imide groups is 1. The maximum absolute atomic E-state index is 12.1. The molecule has 0 spiro atoms. The van der Waals surface area contributed by atoms with Crippen molar-refractivity contribution >= 4 is 33.6 Å². The summed E-state index contributed by atoms with van der Waals surface area (Å²) in [5.74, 6) is -0.350. The molecule has 0 aromatic heterocycles. The van der Waals surface area contributed by atoms with Gasteiger partial charge in [0.15, 0.2) is 0 Å². The van der Waals surface area contributed by atoms with Crippen LogP contribution in [0.1, 0.15) is 24.0 Å². The van der Waals surface area contributed by atoms with Crippen molar-refractivity contribution in [2.24, 2.45) is 0 Å². The van der Waals surface area contributed by atoms with E-state index < -0.39 is 10.0 Å². The fourth-order valence-electron chi connectivity index (χ4n) is 2.59. The van der Waals surface area contributed by atoms with Gasteiger partial charge in [0, 0.05) is 18.5 Å². The summed E-state index contributed by atoms with van der Waals surface area (Å²) in [5, 5.41) is 1.11. The minimum Gasteiger partial charge on any atom is -0.280 e. The van der Waals surface area contributed by atoms with Gasteiger partial charge in [0.2, 0.25) is 11.8 Å². The van der Waals surface area contributed by atoms with Gasteiger partial charge in [-0.25, -0.2) is 8.42 Å². The number of likely N-dealkylation sites (tertiary alicyclic amines) is 1. The highest BCUT2D eigenvalue weighted by molar-refractivity contribution is 7.95. The number of anilines is 1. The number of hydrogen-bond acceptors (Lipinski definition) is 4. The van der Waals surface area contributed by atoms with Gasteiger partial charge in [0.25, 0.3) is 10.0 Å². The zero-order valence-corrected chi connectivity index (χ0v) is 14.8. The smallest absolute Gasteiger partial charge is 0.255 e. The molecule has 134 valence electrons. The number of carbonyl (C=O) groups excluding carboxylic acids is 2. The van der Waals surface area contributed by atoms with Gasteiger partial charge in [-0.1, -0.05) is 42.5 Å². The third-order valence-electron chi connectivity index (χ3n) is 3.95. The molecule has 0 radical (unpaired) electrons. The average molecular weight is 370 g/mol. The predicted molar refractivity (Wildman–Crippen MR) is 99.3 cm³/mol. The Hall–Kier alpha value is -2.93. The summed E-state index contributed by atoms with van der Waals surface area (Å²) in [5.41, 5.74) is 1.95. The highest BCUT2D eigenvalue weighted by atomic mass is 32.2. The normalized spacial score (nSPS) is 15.0. The lowest BCUT2D eigenvalue weighted by Gasteiger charge is -2.14. The number of rotatable bonds is 6. The van der Waals surface area contributed by atoms with Crippen molar-refractivity contribution in [2.45, 2.75) is 19.4 Å². The van der Waals surface area contributed by atoms with Crippen molar-refractivity contribution < 1.29 is 18.0 Å². The minimum absolute atomic E-state index is 0.175. The van der Waals surface area contributed by atoms with Crippen LogP contribution in [0.5, 0.6) is 0 Å². The number of benzene rings is 2. The molecule has 26 heavy (non-hydrogen) atoms. The molecule has 2 aromatic rings. The molecule has 0 aliphatic carbocycles. The van der Waals surface area contributed by atoms with Crippen LogP contribution in [0.15, 0.2) is 60.0 Å². The van der Waals surface area contributed by atoms with E-state index >= 15 is 0 Å². The summed E-state index contributed by atoms with van der Waals surface area (Å²) in [6.07, 6.45) is 2.02. The Kier molecular flexibility index (Phi) is 5.18. The maximum atomic E-state index is 12.1. The van der Waals surface area contributed by atoms with Crippen LogP contribution in [0.2, 0.25) is 0 Å². The van der Waals surface area contributed by atoms with E-state index in [-0.39, 0.29) is 31.2 Å². The van der Waals surface area contributed by atoms with Crippen molar-refractivity contribution in [3.8, 4) is 0 Å². The molecule has 0 saturated carbocycles. The molecule has 0 atom stereocenters. The topological polar surface area (TPSA) is 83.6 Å². The summed E-state index contributed by atoms with van der Waals surface area (Å²) >= 11 is 0. The minimum atomic E-state index is -3.63. The van der Waals surface area contributed by atoms with E-state index in [1.54, 1.807) is 24.3 Å². The van der Waals surface area contributed by atoms with Crippen molar-refractivity contribution in [1.29, 1.82) is 0 Å². The van der Waals surface area contributed by atoms with Crippen LogP contribution < -0.4 is 4.72 Å². The molecule has 1 saturated heterocycles. The van der Waals surface area contributed by atoms with Crippen LogP contribution in [0, 0.1) is 0 Å². The number of hydrogen-bond donors (Lipinski definition) is 1. The Morgan fingerprint density at radius 1 is 0.923 bits per heavy atom. The Balaban J connectivity index is 1.64. The van der Waals surface area contributed by atoms with Crippen LogP contribution >= 0.6 is 0 Å². The fraction of sp³-hybridized carbons (Fsp3) is 0.158. The van der Waals surface area contributed by atoms with E-state index in [0.717, 1.165) is 16.5 Å². The standard InChI is InChI=1S/C19H18N2O4S/c22-18-10-11-19(23)21(18)14-16-6-8-17(9-7-16)20-26(24,25)13-12-15-4-2-1-3-5-15/h1-9,12-13,20H,10-11,14H2/b13-12+. The number of nitrogens with one attached hydrogen (secondary N) is 1. The van der Waals surface area contributed by atoms with E-state index in [4.69, 9.17) is 0 Å². The molecule has 2 aromatic carbocycles. The second kappa shape index (κ2) is 7.53. The zero-order chi connectivity index (χ0) is 18.6. The summed E-state index contributed by atoms with van der Waals surface area (Å²) in [4.78, 5) is 24.5. The quantitative estimate of drug-likeness (QED) is 0.793. The third-order valence-corrected chi connectivity index (χ3v) is 4.96. The first-order valence-electron chi connectivity index (χ1n) is 8.11. The van der Waals surface area contributed by atoms with Crippen LogP contribution in [-0.2, 0) is 26.2 Å². The van der Waals surface area contributed by atoms with Crippen LogP contribution in [0.25, 0.3) is 6.08 Å². The molecular weight excluding hydrogens is 352 g/mol. The summed E-state index contributed by atoms with van der Waals surface area (Å²) in [6.45, 7) is 0.207. The van der Waals surface area contributed by atoms with Crippen LogP contribution in [-0.4, -0.2) is 25.1 Å². The molecule has 6 nitrogen and oxygen atoms in total. The maximum Gasteiger partial charge on any atom is 0.255 e. The highest BCUT2D eigenvalue weighted by Gasteiger charge is 2.28. The summed E-state index contributed by atoms with van der Waals surface area (Å²) in [7, 11) is -3.63. The first kappa shape index (κ1) is 17.9. The van der Waals surface area contributed by atoms with Gasteiger partial charge in [-0.15, -0.1) is 0 Å². The molecule has 0 bridgehead atoms. The molecule has 1 heterocycles. The van der Waals surface area contributed by atoms with Gasteiger partial charge in [-0.2, -0.15) is 0 Å². The second-order valence-electron chi connectivity index (χ2n) is 5.93. The highest BCUT2D eigenvalue weighted by Crippen LogP contribution is 2.18. The van der Waals surface area contributed by atoms with Gasteiger partial charge in [0.05, 0.1) is 12.0 Å². The van der Waals surface area contributed by atoms with Crippen molar-refractivity contribution in [3.63, 3.8) is 0 Å². The SMILES string of the molecule is O=C1CCC(=O)N1Cc1ccc(NS(=O)(=O)/C=C/c2ccccc2)cc1. The monoisotopic (exact) mass is 370 g/mol. The Morgan fingerprint density at radius 3 is 2.15 bits per heavy atom. The summed E-state index contributed by atoms with van der Waals surface area (Å²) in [6, 6.07) is 15.7. The number of carbonyl (C=O) groups is 2. The van der Waals surface area contributed by atoms with Crippen molar-refractivity contribution in [1.82, 2.24) is 4.90 Å². The predicted octanol–water partition coefficient (Wildman–Crippen LogP) is 2.75. The van der Waals surface area contributed by atoms with E-state index in [1.807, 2.05) is 30.3 Å². The molecule has 2 amide bonds. The molecule has 3 rings (SSSR count). The van der Waals surface area contributed by atoms with E-state index in [9.17, 15) is 18.0 Å². The molecule has 1 aliphatic heterocycles. The van der Waals surface area contributed by atoms with E-state index in [0.29, 0.717) is 5.69 Å². The molecule has 7 heteroatoms. The Bertz CT molecular complexity index is 919. The molecule has 1 N–H and O–H groups in total. The van der Waals surface area contributed by atoms with Crippen LogP contribution in [0.3, 0.4) is 0 Å². The van der Waals surface area contributed by atoms with E-state index in [1.165, 1.54) is 11.0 Å². The first-order chi connectivity index (χ1) is 12.4. The number of amides is 2. The summed E-state index contributed by atoms with van der Waals surface area (Å²) < 4.78 is 26.7. The van der Waals surface area contributed by atoms with E-state index in [2.05, 4.69) is 4.72 Å². The zero-order valence-electron chi connectivity index (χ0n) is 14.0. The first-order valence-corrected chi connectivity index (χ1v) is 9.66. The average Bonchev–Trinajstić information content (AvgIpc) is 2.94. The van der Waals surface area contributed by atoms with Gasteiger partial charge >= 0.3 is 0 Å². The van der Waals surface area contributed by atoms with Gasteiger partial charge in [-0.05, 0) is 29.3 Å². The number of nitrogens with zero attached hydrogens (tertiary/aromatic N) is 1. The third kappa shape index (κ3) is 4.58. The number of sulfonamides is 1. The van der Waals surface area contributed by atoms with Gasteiger partial charge in [-0.3, -0.25) is 19.2 Å². The molecular formula is C19H18N2O4S. The van der Waals surface area contributed by atoms with Gasteiger partial charge in [0.1, 0.15) is 0 Å². The van der Waals surface area contributed by atoms with Gasteiger partial charge < -0.3 is 0 Å². The lowest BCUT2D eigenvalue weighted by Crippen LogP contribution is -2.28. The van der Waals surface area contributed by atoms with Crippen LogP contribution in [0.4, 0.5) is 5.69 Å². The van der Waals surface area contributed by atoms with Crippen molar-refractivity contribution in [2.75, 3.05) is 4.72 Å².